The van der Waals surface area contributed by atoms with E-state index in [0.717, 1.165) is 0 Å². The fourth-order valence-corrected chi connectivity index (χ4v) is 3.75. The summed E-state index contributed by atoms with van der Waals surface area (Å²) < 4.78 is 24.1. The van der Waals surface area contributed by atoms with Crippen molar-refractivity contribution in [2.24, 2.45) is 0 Å². The van der Waals surface area contributed by atoms with Gasteiger partial charge in [-0.25, -0.2) is 4.39 Å². The first-order valence-electron chi connectivity index (χ1n) is 9.41. The highest BCUT2D eigenvalue weighted by molar-refractivity contribution is 6.51. The number of aliphatic hydroxyl groups is 1. The van der Waals surface area contributed by atoms with Gasteiger partial charge in [-0.15, -0.1) is 0 Å². The minimum Gasteiger partial charge on any atom is -0.507 e. The summed E-state index contributed by atoms with van der Waals surface area (Å²) in [4.78, 5) is 31.5. The van der Waals surface area contributed by atoms with Crippen LogP contribution in [-0.2, 0) is 9.59 Å². The molecule has 1 unspecified atom stereocenters. The summed E-state index contributed by atoms with van der Waals surface area (Å²) >= 11 is 0. The van der Waals surface area contributed by atoms with Gasteiger partial charge in [0.1, 0.15) is 11.6 Å². The Balaban J connectivity index is 1.70. The van der Waals surface area contributed by atoms with Gasteiger partial charge < -0.3 is 14.6 Å². The summed E-state index contributed by atoms with van der Waals surface area (Å²) in [5.41, 5.74) is 1.04. The zero-order valence-electron chi connectivity index (χ0n) is 16.0. The Bertz CT molecular complexity index is 1220. The van der Waals surface area contributed by atoms with Crippen LogP contribution < -0.4 is 14.4 Å². The first-order valence-corrected chi connectivity index (χ1v) is 9.41. The normalized spacial score (nSPS) is 19.1. The molecule has 0 radical (unpaired) electrons. The molecule has 3 aromatic rings. The van der Waals surface area contributed by atoms with Crippen molar-refractivity contribution < 1.29 is 28.6 Å². The summed E-state index contributed by atoms with van der Waals surface area (Å²) in [5, 5.41) is 10.9. The summed E-state index contributed by atoms with van der Waals surface area (Å²) in [6.45, 7) is 0.0637. The summed E-state index contributed by atoms with van der Waals surface area (Å²) in [7, 11) is 0. The van der Waals surface area contributed by atoms with Crippen molar-refractivity contribution in [2.75, 3.05) is 11.7 Å². The zero-order chi connectivity index (χ0) is 21.5. The van der Waals surface area contributed by atoms with Crippen molar-refractivity contribution >= 4 is 23.1 Å². The third-order valence-electron chi connectivity index (χ3n) is 5.20. The number of anilines is 1. The molecule has 0 spiro atoms. The molecule has 2 aliphatic rings. The van der Waals surface area contributed by atoms with Crippen LogP contribution in [0.2, 0.25) is 0 Å². The van der Waals surface area contributed by atoms with Gasteiger partial charge in [0.2, 0.25) is 6.79 Å². The molecule has 5 rings (SSSR count). The Morgan fingerprint density at radius 1 is 1.06 bits per heavy atom. The molecule has 3 heterocycles. The molecule has 1 fully saturated rings. The highest BCUT2D eigenvalue weighted by Crippen LogP contribution is 2.44. The number of hydrogen-bond acceptors (Lipinski definition) is 6. The minimum atomic E-state index is -0.931. The maximum Gasteiger partial charge on any atom is 0.300 e. The first-order chi connectivity index (χ1) is 15.0. The van der Waals surface area contributed by atoms with E-state index >= 15 is 0 Å². The minimum absolute atomic E-state index is 0.0637. The number of carbonyl (C=O) groups excluding carboxylic acids is 2. The number of amides is 1. The van der Waals surface area contributed by atoms with Crippen LogP contribution in [0, 0.1) is 5.82 Å². The van der Waals surface area contributed by atoms with Crippen molar-refractivity contribution in [3.63, 3.8) is 0 Å². The second-order valence-corrected chi connectivity index (χ2v) is 7.00. The molecule has 1 aromatic heterocycles. The van der Waals surface area contributed by atoms with Crippen LogP contribution >= 0.6 is 0 Å². The van der Waals surface area contributed by atoms with Gasteiger partial charge >= 0.3 is 0 Å². The maximum absolute atomic E-state index is 13.3. The number of nitrogens with zero attached hydrogens (tertiary/aromatic N) is 2. The van der Waals surface area contributed by atoms with Crippen LogP contribution in [0.25, 0.3) is 5.76 Å². The number of pyridine rings is 1. The molecule has 0 aliphatic carbocycles. The largest absolute Gasteiger partial charge is 0.507 e. The number of aromatic nitrogens is 1. The van der Waals surface area contributed by atoms with E-state index in [1.807, 2.05) is 0 Å². The number of fused-ring (bicyclic) bond motifs is 1. The smallest absolute Gasteiger partial charge is 0.300 e. The van der Waals surface area contributed by atoms with Crippen molar-refractivity contribution in [1.29, 1.82) is 0 Å². The molecule has 2 aliphatic heterocycles. The molecule has 0 saturated carbocycles. The molecular weight excluding hydrogens is 403 g/mol. The molecule has 1 N–H and O–H groups in total. The van der Waals surface area contributed by atoms with E-state index in [1.54, 1.807) is 36.5 Å². The van der Waals surface area contributed by atoms with Gasteiger partial charge in [-0.1, -0.05) is 6.07 Å². The highest BCUT2D eigenvalue weighted by Gasteiger charge is 2.47. The number of ether oxygens (including phenoxy) is 2. The molecule has 2 aromatic carbocycles. The SMILES string of the molecule is O=C1C(=O)N(c2ccc3c(c2)OCO3)C(c2cccnc2)/C1=C(\O)c1ccc(F)cc1. The third kappa shape index (κ3) is 3.09. The Labute approximate surface area is 176 Å². The summed E-state index contributed by atoms with van der Waals surface area (Å²) in [6, 6.07) is 12.4. The zero-order valence-corrected chi connectivity index (χ0v) is 16.0. The summed E-state index contributed by atoms with van der Waals surface area (Å²) in [6.07, 6.45) is 3.09. The van der Waals surface area contributed by atoms with E-state index in [9.17, 15) is 19.1 Å². The topological polar surface area (TPSA) is 89.0 Å². The molecule has 154 valence electrons. The van der Waals surface area contributed by atoms with E-state index in [-0.39, 0.29) is 17.9 Å². The molecule has 7 nitrogen and oxygen atoms in total. The number of hydrogen-bond donors (Lipinski definition) is 1. The lowest BCUT2D eigenvalue weighted by Crippen LogP contribution is -2.29. The fraction of sp³-hybridized carbons (Fsp3) is 0.0870. The van der Waals surface area contributed by atoms with E-state index in [1.165, 1.54) is 35.4 Å². The van der Waals surface area contributed by atoms with Gasteiger partial charge in [0, 0.05) is 29.7 Å². The third-order valence-corrected chi connectivity index (χ3v) is 5.20. The van der Waals surface area contributed by atoms with Crippen LogP contribution in [0.3, 0.4) is 0 Å². The average molecular weight is 418 g/mol. The number of aliphatic hydroxyl groups excluding tert-OH is 1. The highest BCUT2D eigenvalue weighted by atomic mass is 19.1. The van der Waals surface area contributed by atoms with Gasteiger partial charge in [-0.3, -0.25) is 19.5 Å². The molecular formula is C23H15FN2O5. The van der Waals surface area contributed by atoms with E-state index in [4.69, 9.17) is 9.47 Å². The molecule has 1 saturated heterocycles. The molecule has 8 heteroatoms. The van der Waals surface area contributed by atoms with Crippen LogP contribution in [-0.4, -0.2) is 28.6 Å². The predicted octanol–water partition coefficient (Wildman–Crippen LogP) is 3.58. The van der Waals surface area contributed by atoms with Crippen molar-refractivity contribution in [2.45, 2.75) is 6.04 Å². The van der Waals surface area contributed by atoms with Crippen molar-refractivity contribution in [3.8, 4) is 11.5 Å². The van der Waals surface area contributed by atoms with Crippen LogP contribution in [0.1, 0.15) is 17.2 Å². The van der Waals surface area contributed by atoms with E-state index < -0.39 is 29.3 Å². The fourth-order valence-electron chi connectivity index (χ4n) is 3.75. The van der Waals surface area contributed by atoms with Gasteiger partial charge in [0.25, 0.3) is 11.7 Å². The number of Topliss-reactive ketones (excluding diaryl/α,β-unsaturated/α-hetero) is 1. The quantitative estimate of drug-likeness (QED) is 0.397. The van der Waals surface area contributed by atoms with Gasteiger partial charge in [0.05, 0.1) is 11.6 Å². The number of ketones is 1. The number of halogens is 1. The first kappa shape index (κ1) is 18.8. The lowest BCUT2D eigenvalue weighted by Gasteiger charge is -2.25. The van der Waals surface area contributed by atoms with E-state index in [0.29, 0.717) is 22.7 Å². The Morgan fingerprint density at radius 3 is 2.58 bits per heavy atom. The van der Waals surface area contributed by atoms with Crippen LogP contribution in [0.15, 0.2) is 72.6 Å². The number of rotatable bonds is 3. The molecule has 1 atom stereocenters. The lowest BCUT2D eigenvalue weighted by atomic mass is 9.96. The Hall–Kier alpha value is -4.20. The number of benzene rings is 2. The predicted molar refractivity (Wildman–Crippen MR) is 108 cm³/mol. The second kappa shape index (κ2) is 7.24. The Morgan fingerprint density at radius 2 is 1.84 bits per heavy atom. The molecule has 1 amide bonds. The average Bonchev–Trinajstić information content (AvgIpc) is 3.36. The van der Waals surface area contributed by atoms with Crippen molar-refractivity contribution in [1.82, 2.24) is 4.98 Å². The maximum atomic E-state index is 13.3. The Kier molecular flexibility index (Phi) is 4.39. The van der Waals surface area contributed by atoms with Gasteiger partial charge in [-0.05, 0) is 48.0 Å². The van der Waals surface area contributed by atoms with Crippen LogP contribution in [0.4, 0.5) is 10.1 Å². The number of carbonyl (C=O) groups is 2. The monoisotopic (exact) mass is 418 g/mol. The molecule has 0 bridgehead atoms. The van der Waals surface area contributed by atoms with E-state index in [2.05, 4.69) is 4.98 Å². The van der Waals surface area contributed by atoms with Gasteiger partial charge in [0.15, 0.2) is 11.5 Å². The summed E-state index contributed by atoms with van der Waals surface area (Å²) in [5.74, 6) is -1.56. The molecule has 31 heavy (non-hydrogen) atoms. The lowest BCUT2D eigenvalue weighted by molar-refractivity contribution is -0.132. The van der Waals surface area contributed by atoms with Crippen molar-refractivity contribution in [3.05, 3.63) is 89.5 Å². The standard InChI is InChI=1S/C23H15FN2O5/c24-15-5-3-13(4-6-15)21(27)19-20(14-2-1-9-25-11-14)26(23(29)22(19)28)16-7-8-17-18(10-16)31-12-30-17/h1-11,20,27H,12H2/b21-19+. The van der Waals surface area contributed by atoms with Crippen LogP contribution in [0.5, 0.6) is 11.5 Å². The van der Waals surface area contributed by atoms with Gasteiger partial charge in [-0.2, -0.15) is 0 Å². The second-order valence-electron chi connectivity index (χ2n) is 7.00.